The molecule has 1 heterocycles. The smallest absolute Gasteiger partial charge is 0.222 e. The van der Waals surface area contributed by atoms with E-state index in [1.165, 1.54) is 0 Å². The molecule has 19 heavy (non-hydrogen) atoms. The Kier molecular flexibility index (Phi) is 3.85. The fourth-order valence-corrected chi connectivity index (χ4v) is 1.83. The van der Waals surface area contributed by atoms with E-state index in [0.717, 1.165) is 17.6 Å². The van der Waals surface area contributed by atoms with Crippen molar-refractivity contribution in [1.29, 1.82) is 0 Å². The molecule has 0 atom stereocenters. The van der Waals surface area contributed by atoms with Crippen molar-refractivity contribution in [3.63, 3.8) is 0 Å². The molecule has 0 fully saturated rings. The Morgan fingerprint density at radius 1 is 1.32 bits per heavy atom. The van der Waals surface area contributed by atoms with Gasteiger partial charge in [-0.15, -0.1) is 0 Å². The fourth-order valence-electron chi connectivity index (χ4n) is 1.83. The first-order chi connectivity index (χ1) is 9.15. The summed E-state index contributed by atoms with van der Waals surface area (Å²) in [6.07, 6.45) is 0.770. The lowest BCUT2D eigenvalue weighted by Gasteiger charge is -2.07. The van der Waals surface area contributed by atoms with Crippen LogP contribution in [0.25, 0.3) is 0 Å². The van der Waals surface area contributed by atoms with Gasteiger partial charge in [-0.1, -0.05) is 12.1 Å². The van der Waals surface area contributed by atoms with Crippen LogP contribution >= 0.6 is 0 Å². The predicted molar refractivity (Wildman–Crippen MR) is 70.7 cm³/mol. The Morgan fingerprint density at radius 3 is 2.58 bits per heavy atom. The summed E-state index contributed by atoms with van der Waals surface area (Å²) in [5, 5.41) is 4.16. The highest BCUT2D eigenvalue weighted by Gasteiger charge is 2.13. The largest absolute Gasteiger partial charge is 0.497 e. The number of benzene rings is 1. The average Bonchev–Trinajstić information content (AvgIpc) is 2.70. The molecule has 1 aromatic heterocycles. The molecular weight excluding hydrogens is 244 g/mol. The number of hydrogen-bond donors (Lipinski definition) is 0. The molecule has 0 spiro atoms. The lowest BCUT2D eigenvalue weighted by atomic mass is 10.2. The normalized spacial score (nSPS) is 10.3. The van der Waals surface area contributed by atoms with Gasteiger partial charge in [-0.25, -0.2) is 4.68 Å². The zero-order chi connectivity index (χ0) is 13.8. The molecule has 0 radical (unpaired) electrons. The van der Waals surface area contributed by atoms with Crippen LogP contribution < -0.4 is 9.47 Å². The summed E-state index contributed by atoms with van der Waals surface area (Å²) >= 11 is 0. The van der Waals surface area contributed by atoms with Crippen LogP contribution in [-0.4, -0.2) is 23.2 Å². The van der Waals surface area contributed by atoms with Crippen molar-refractivity contribution < 1.29 is 14.3 Å². The quantitative estimate of drug-likeness (QED) is 0.773. The maximum absolute atomic E-state index is 11.0. The van der Waals surface area contributed by atoms with Crippen molar-refractivity contribution in [2.45, 2.75) is 13.5 Å². The maximum atomic E-state index is 11.0. The van der Waals surface area contributed by atoms with E-state index in [1.807, 2.05) is 24.3 Å². The highest BCUT2D eigenvalue weighted by atomic mass is 16.5. The second-order valence-corrected chi connectivity index (χ2v) is 4.18. The van der Waals surface area contributed by atoms with Crippen LogP contribution in [0.2, 0.25) is 0 Å². The lowest BCUT2D eigenvalue weighted by Crippen LogP contribution is -2.02. The summed E-state index contributed by atoms with van der Waals surface area (Å²) in [6, 6.07) is 7.58. The van der Waals surface area contributed by atoms with Crippen LogP contribution in [0.1, 0.15) is 21.6 Å². The molecule has 0 amide bonds. The second kappa shape index (κ2) is 5.56. The number of methoxy groups -OCH3 is 1. The van der Waals surface area contributed by atoms with Gasteiger partial charge in [0.1, 0.15) is 12.4 Å². The molecule has 2 rings (SSSR count). The highest BCUT2D eigenvalue weighted by Crippen LogP contribution is 2.20. The molecule has 5 heteroatoms. The number of carbonyl (C=O) groups is 1. The number of rotatable bonds is 5. The van der Waals surface area contributed by atoms with Crippen LogP contribution in [0.5, 0.6) is 11.6 Å². The van der Waals surface area contributed by atoms with E-state index >= 15 is 0 Å². The van der Waals surface area contributed by atoms with Gasteiger partial charge in [0.05, 0.1) is 18.4 Å². The highest BCUT2D eigenvalue weighted by molar-refractivity contribution is 5.80. The van der Waals surface area contributed by atoms with Gasteiger partial charge in [-0.2, -0.15) is 5.10 Å². The Hall–Kier alpha value is -2.30. The monoisotopic (exact) mass is 260 g/mol. The third kappa shape index (κ3) is 2.76. The number of carbonyl (C=O) groups excluding carboxylic acids is 1. The summed E-state index contributed by atoms with van der Waals surface area (Å²) in [7, 11) is 3.38. The molecule has 0 aliphatic heterocycles. The number of aryl methyl sites for hydroxylation is 2. The summed E-state index contributed by atoms with van der Waals surface area (Å²) in [6.45, 7) is 2.16. The van der Waals surface area contributed by atoms with Crippen LogP contribution in [0, 0.1) is 6.92 Å². The Morgan fingerprint density at radius 2 is 2.00 bits per heavy atom. The summed E-state index contributed by atoms with van der Waals surface area (Å²) in [4.78, 5) is 11.0. The molecule has 5 nitrogen and oxygen atoms in total. The van der Waals surface area contributed by atoms with E-state index in [9.17, 15) is 4.79 Å². The molecule has 0 aliphatic rings. The average molecular weight is 260 g/mol. The third-order valence-corrected chi connectivity index (χ3v) is 2.87. The molecule has 0 unspecified atom stereocenters. The third-order valence-electron chi connectivity index (χ3n) is 2.87. The standard InChI is InChI=1S/C14H16N2O3/c1-10-13(8-17)14(16(2)15-10)19-9-11-4-6-12(18-3)7-5-11/h4-8H,9H2,1-3H3. The number of aromatic nitrogens is 2. The van der Waals surface area contributed by atoms with Crippen molar-refractivity contribution >= 4 is 6.29 Å². The first-order valence-corrected chi connectivity index (χ1v) is 5.90. The molecule has 2 aromatic rings. The lowest BCUT2D eigenvalue weighted by molar-refractivity contribution is 0.111. The number of aldehydes is 1. The second-order valence-electron chi connectivity index (χ2n) is 4.18. The van der Waals surface area contributed by atoms with Gasteiger partial charge in [0.25, 0.3) is 0 Å². The van der Waals surface area contributed by atoms with E-state index in [2.05, 4.69) is 5.10 Å². The van der Waals surface area contributed by atoms with E-state index in [-0.39, 0.29) is 0 Å². The number of hydrogen-bond acceptors (Lipinski definition) is 4. The first kappa shape index (κ1) is 13.1. The molecule has 1 aromatic carbocycles. The number of ether oxygens (including phenoxy) is 2. The summed E-state index contributed by atoms with van der Waals surface area (Å²) < 4.78 is 12.3. The predicted octanol–water partition coefficient (Wildman–Crippen LogP) is 2.13. The SMILES string of the molecule is COc1ccc(COc2c(C=O)c(C)nn2C)cc1. The Balaban J connectivity index is 2.11. The maximum Gasteiger partial charge on any atom is 0.222 e. The number of nitrogens with zero attached hydrogens (tertiary/aromatic N) is 2. The minimum Gasteiger partial charge on any atom is -0.497 e. The van der Waals surface area contributed by atoms with E-state index < -0.39 is 0 Å². The Labute approximate surface area is 111 Å². The molecule has 100 valence electrons. The van der Waals surface area contributed by atoms with Crippen molar-refractivity contribution in [3.05, 3.63) is 41.1 Å². The summed E-state index contributed by atoms with van der Waals surface area (Å²) in [5.74, 6) is 1.29. The van der Waals surface area contributed by atoms with Gasteiger partial charge in [0, 0.05) is 7.05 Å². The van der Waals surface area contributed by atoms with Gasteiger partial charge < -0.3 is 9.47 Å². The van der Waals surface area contributed by atoms with E-state index in [1.54, 1.807) is 25.8 Å². The minimum atomic E-state index is 0.379. The molecule has 0 aliphatic carbocycles. The first-order valence-electron chi connectivity index (χ1n) is 5.90. The molecule has 0 saturated heterocycles. The fraction of sp³-hybridized carbons (Fsp3) is 0.286. The zero-order valence-electron chi connectivity index (χ0n) is 11.2. The van der Waals surface area contributed by atoms with Crippen LogP contribution in [0.3, 0.4) is 0 Å². The van der Waals surface area contributed by atoms with Gasteiger partial charge in [0.15, 0.2) is 6.29 Å². The van der Waals surface area contributed by atoms with Crippen LogP contribution in [0.4, 0.5) is 0 Å². The van der Waals surface area contributed by atoms with Gasteiger partial charge in [-0.05, 0) is 24.6 Å². The topological polar surface area (TPSA) is 53.4 Å². The van der Waals surface area contributed by atoms with Crippen LogP contribution in [-0.2, 0) is 13.7 Å². The van der Waals surface area contributed by atoms with Crippen LogP contribution in [0.15, 0.2) is 24.3 Å². The van der Waals surface area contributed by atoms with Crippen molar-refractivity contribution in [1.82, 2.24) is 9.78 Å². The van der Waals surface area contributed by atoms with Crippen molar-refractivity contribution in [3.8, 4) is 11.6 Å². The molecular formula is C14H16N2O3. The minimum absolute atomic E-state index is 0.379. The van der Waals surface area contributed by atoms with Gasteiger partial charge in [-0.3, -0.25) is 4.79 Å². The van der Waals surface area contributed by atoms with E-state index in [4.69, 9.17) is 9.47 Å². The molecule has 0 saturated carbocycles. The molecule has 0 bridgehead atoms. The zero-order valence-corrected chi connectivity index (χ0v) is 11.2. The van der Waals surface area contributed by atoms with Crippen molar-refractivity contribution in [2.24, 2.45) is 7.05 Å². The van der Waals surface area contributed by atoms with Crippen molar-refractivity contribution in [2.75, 3.05) is 7.11 Å². The Bertz CT molecular complexity index is 573. The van der Waals surface area contributed by atoms with Gasteiger partial charge >= 0.3 is 0 Å². The molecule has 0 N–H and O–H groups in total. The van der Waals surface area contributed by atoms with Gasteiger partial charge in [0.2, 0.25) is 5.88 Å². The summed E-state index contributed by atoms with van der Waals surface area (Å²) in [5.41, 5.74) is 2.16. The van der Waals surface area contributed by atoms with E-state index in [0.29, 0.717) is 23.7 Å².